The van der Waals surface area contributed by atoms with E-state index < -0.39 is 61.6 Å². The zero-order valence-electron chi connectivity index (χ0n) is 33.9. The van der Waals surface area contributed by atoms with Gasteiger partial charge in [0.1, 0.15) is 6.10 Å². The van der Waals surface area contributed by atoms with Gasteiger partial charge in [0, 0.05) is 18.9 Å². The van der Waals surface area contributed by atoms with E-state index in [0.29, 0.717) is 25.7 Å². The Labute approximate surface area is 339 Å². The Bertz CT molecular complexity index is 1430. The minimum atomic E-state index is -4.74. The van der Waals surface area contributed by atoms with E-state index in [1.54, 1.807) is 0 Å². The van der Waals surface area contributed by atoms with E-state index in [1.807, 2.05) is 19.1 Å². The van der Waals surface area contributed by atoms with Crippen LogP contribution in [0.25, 0.3) is 0 Å². The summed E-state index contributed by atoms with van der Waals surface area (Å²) in [5, 5.41) is 0. The third kappa shape index (κ3) is 28.1. The lowest BCUT2D eigenvalue weighted by Crippen LogP contribution is -2.34. The summed E-state index contributed by atoms with van der Waals surface area (Å²) >= 11 is 0. The second-order valence-corrected chi connectivity index (χ2v) is 19.1. The molecule has 0 aromatic rings. The Morgan fingerprint density at radius 3 is 1.73 bits per heavy atom. The van der Waals surface area contributed by atoms with Gasteiger partial charge in [0.15, 0.2) is 0 Å². The molecule has 0 aliphatic carbocycles. The highest BCUT2D eigenvalue weighted by atomic mass is 32.3. The number of fused-ring (bicyclic) bond motifs is 2. The monoisotopic (exact) mass is 856 g/mol. The summed E-state index contributed by atoms with van der Waals surface area (Å²) < 4.78 is 107. The number of unbranched alkanes of at least 4 members (excludes halogenated alkanes) is 4. The molecule has 0 saturated carbocycles. The normalized spacial score (nSPS) is 26.9. The summed E-state index contributed by atoms with van der Waals surface area (Å²) in [7, 11) is -14.1. The van der Waals surface area contributed by atoms with Crippen LogP contribution < -0.4 is 0 Å². The molecule has 0 radical (unpaired) electrons. The van der Waals surface area contributed by atoms with Gasteiger partial charge < -0.3 is 4.74 Å². The number of carbonyl (C=O) groups excluding carboxylic acids is 1. The van der Waals surface area contributed by atoms with Gasteiger partial charge in [0.2, 0.25) is 0 Å². The van der Waals surface area contributed by atoms with Crippen molar-refractivity contribution in [3.63, 3.8) is 0 Å². The fourth-order valence-corrected chi connectivity index (χ4v) is 10.1. The number of hydrogen-bond acceptors (Lipinski definition) is 12. The number of rotatable bonds is 11. The van der Waals surface area contributed by atoms with Crippen LogP contribution in [0.4, 0.5) is 0 Å². The average Bonchev–Trinajstić information content (AvgIpc) is 3.09. The molecule has 1 fully saturated rings. The molecule has 0 unspecified atom stereocenters. The predicted molar refractivity (Wildman–Crippen MR) is 217 cm³/mol. The smallest absolute Gasteiger partial charge is 0.416 e. The Hall–Kier alpha value is -1.40. The van der Waals surface area contributed by atoms with Gasteiger partial charge in [-0.15, -0.1) is 3.63 Å². The molecular weight excluding hydrogens is 785 g/mol. The van der Waals surface area contributed by atoms with Gasteiger partial charge in [-0.3, -0.25) is 4.55 Å². The van der Waals surface area contributed by atoms with Crippen LogP contribution in [0, 0.1) is 0 Å². The molecule has 13 nitrogen and oxygen atoms in total. The van der Waals surface area contributed by atoms with E-state index in [4.69, 9.17) is 17.3 Å². The van der Waals surface area contributed by atoms with Crippen molar-refractivity contribution in [2.75, 3.05) is 0 Å². The fraction of sp³-hybridized carbons (Fsp3) is 0.875. The van der Waals surface area contributed by atoms with E-state index in [0.717, 1.165) is 154 Å². The molecule has 2 heterocycles. The standard InChI is InChI=1S/C40H72O13S3/c1-2-3-4-5-14-20-25-30-37(50-54(42,43)44)34-36-29-24-19-15-11-9-12-17-22-27-32-39-35-38(51-55(45,46)53-56(47,48)52-39)31-26-21-16-10-7-6-8-13-18-23-28-33-40(41)49-36/h2-3,28,33,36-39H,4-27,29-32,34-35H2,1H3,(H,42,43,44)/b3-2+,33-28+/t36-,37-,38+,39+/m0/s1. The first kappa shape index (κ1) is 50.7. The van der Waals surface area contributed by atoms with Gasteiger partial charge in [-0.2, -0.15) is 25.3 Å². The van der Waals surface area contributed by atoms with E-state index >= 15 is 0 Å². The van der Waals surface area contributed by atoms with E-state index in [1.165, 1.54) is 6.08 Å². The summed E-state index contributed by atoms with van der Waals surface area (Å²) in [6.07, 6.45) is 29.9. The summed E-state index contributed by atoms with van der Waals surface area (Å²) in [6.45, 7) is 1.99. The molecule has 0 aromatic carbocycles. The molecular formula is C40H72O13S3. The molecule has 1 N–H and O–H groups in total. The highest BCUT2D eigenvalue weighted by Gasteiger charge is 2.35. The van der Waals surface area contributed by atoms with Gasteiger partial charge in [0.05, 0.1) is 18.3 Å². The first-order valence-corrected chi connectivity index (χ1v) is 25.5. The van der Waals surface area contributed by atoms with Crippen LogP contribution in [0.1, 0.15) is 200 Å². The van der Waals surface area contributed by atoms with Crippen molar-refractivity contribution in [3.8, 4) is 0 Å². The molecule has 0 amide bonds. The summed E-state index contributed by atoms with van der Waals surface area (Å²) in [4.78, 5) is 12.8. The first-order chi connectivity index (χ1) is 26.8. The van der Waals surface area contributed by atoms with Gasteiger partial charge in [0.25, 0.3) is 0 Å². The fourth-order valence-electron chi connectivity index (χ4n) is 7.46. The number of ether oxygens (including phenoxy) is 1. The van der Waals surface area contributed by atoms with Gasteiger partial charge >= 0.3 is 37.2 Å². The first-order valence-electron chi connectivity index (χ1n) is 21.5. The lowest BCUT2D eigenvalue weighted by Gasteiger charge is -2.25. The highest BCUT2D eigenvalue weighted by molar-refractivity contribution is 7.95. The van der Waals surface area contributed by atoms with E-state index in [9.17, 15) is 34.6 Å². The molecule has 0 spiro atoms. The number of esters is 1. The maximum atomic E-state index is 12.8. The van der Waals surface area contributed by atoms with Crippen LogP contribution in [0.2, 0.25) is 0 Å². The van der Waals surface area contributed by atoms with Crippen LogP contribution >= 0.6 is 0 Å². The minimum absolute atomic E-state index is 0.169. The summed E-state index contributed by atoms with van der Waals surface area (Å²) in [5.41, 5.74) is 0. The summed E-state index contributed by atoms with van der Waals surface area (Å²) in [6, 6.07) is 0. The van der Waals surface area contributed by atoms with Crippen molar-refractivity contribution in [2.45, 2.75) is 224 Å². The Balaban J connectivity index is 1.96. The SMILES string of the molecule is C/C=C/CCCCCC[C@@H](C[C@@H]1CCCCCCCCCCC[C@@H]2C[C@@H](CCCCCCCCCCC/C=C/C(=O)O1)OS(=O)(=O)OS(=O)(=O)O2)OS(=O)(=O)O. The van der Waals surface area contributed by atoms with E-state index in [2.05, 4.69) is 9.71 Å². The molecule has 56 heavy (non-hydrogen) atoms. The Morgan fingerprint density at radius 2 is 1.21 bits per heavy atom. The zero-order chi connectivity index (χ0) is 41.0. The largest absolute Gasteiger partial charge is 0.459 e. The van der Waals surface area contributed by atoms with Gasteiger partial charge in [-0.25, -0.2) is 17.3 Å². The topological polar surface area (TPSA) is 186 Å². The Morgan fingerprint density at radius 1 is 0.732 bits per heavy atom. The molecule has 2 rings (SSSR count). The second kappa shape index (κ2) is 29.8. The van der Waals surface area contributed by atoms with Crippen molar-refractivity contribution >= 4 is 37.2 Å². The maximum Gasteiger partial charge on any atom is 0.416 e. The molecule has 0 aromatic heterocycles. The quantitative estimate of drug-likeness (QED) is 0.0896. The van der Waals surface area contributed by atoms with Gasteiger partial charge in [-0.1, -0.05) is 140 Å². The molecule has 1 saturated heterocycles. The molecule has 16 heteroatoms. The average molecular weight is 857 g/mol. The van der Waals surface area contributed by atoms with Crippen molar-refractivity contribution in [3.05, 3.63) is 24.3 Å². The van der Waals surface area contributed by atoms with Gasteiger partial charge in [-0.05, 0) is 64.7 Å². The predicted octanol–water partition coefficient (Wildman–Crippen LogP) is 10.2. The second-order valence-electron chi connectivity index (χ2n) is 15.5. The van der Waals surface area contributed by atoms with Crippen molar-refractivity contribution in [1.82, 2.24) is 0 Å². The number of hydrogen-bond donors (Lipinski definition) is 1. The molecule has 2 aliphatic heterocycles. The van der Waals surface area contributed by atoms with Crippen molar-refractivity contribution in [2.24, 2.45) is 0 Å². The third-order valence-electron chi connectivity index (χ3n) is 10.4. The lowest BCUT2D eigenvalue weighted by molar-refractivity contribution is -0.144. The lowest BCUT2D eigenvalue weighted by atomic mass is 9.99. The van der Waals surface area contributed by atoms with E-state index in [-0.39, 0.29) is 12.8 Å². The summed E-state index contributed by atoms with van der Waals surface area (Å²) in [5.74, 6) is -0.450. The molecule has 2 aliphatic rings. The molecule has 2 bridgehead atoms. The highest BCUT2D eigenvalue weighted by Crippen LogP contribution is 2.27. The number of allylic oxidation sites excluding steroid dienone is 3. The maximum absolute atomic E-state index is 12.8. The third-order valence-corrected chi connectivity index (χ3v) is 13.2. The van der Waals surface area contributed by atoms with Crippen LogP contribution in [0.3, 0.4) is 0 Å². The zero-order valence-corrected chi connectivity index (χ0v) is 36.4. The van der Waals surface area contributed by atoms with Crippen LogP contribution in [0.5, 0.6) is 0 Å². The van der Waals surface area contributed by atoms with Crippen LogP contribution in [-0.4, -0.2) is 60.2 Å². The minimum Gasteiger partial charge on any atom is -0.459 e. The number of carbonyl (C=O) groups is 1. The molecule has 328 valence electrons. The Kier molecular flexibility index (Phi) is 27.0. The number of cyclic esters (lactones) is 1. The van der Waals surface area contributed by atoms with Crippen LogP contribution in [-0.2, 0) is 56.9 Å². The van der Waals surface area contributed by atoms with Crippen LogP contribution in [0.15, 0.2) is 24.3 Å². The van der Waals surface area contributed by atoms with Crippen molar-refractivity contribution in [1.29, 1.82) is 0 Å². The molecule has 4 atom stereocenters. The van der Waals surface area contributed by atoms with Crippen molar-refractivity contribution < 1.29 is 55.5 Å².